The molecule has 0 aromatic heterocycles. The third-order valence-electron chi connectivity index (χ3n) is 8.79. The minimum Gasteiger partial charge on any atom is -0.459 e. The van der Waals surface area contributed by atoms with Crippen molar-refractivity contribution in [2.24, 2.45) is 34.0 Å². The van der Waals surface area contributed by atoms with Crippen LogP contribution in [0.25, 0.3) is 0 Å². The molecule has 0 aromatic rings. The Labute approximate surface area is 148 Å². The normalized spacial score (nSPS) is 61.2. The fraction of sp³-hybridized carbons (Fsp3) is 0.950. The second-order valence-electron chi connectivity index (χ2n) is 10.4. The number of ether oxygens (including phenoxy) is 4. The van der Waals surface area contributed by atoms with Crippen LogP contribution in [0.4, 0.5) is 0 Å². The first kappa shape index (κ1) is 15.4. The molecule has 0 aromatic carbocycles. The Morgan fingerprint density at radius 1 is 1.20 bits per heavy atom. The molecule has 4 aliphatic heterocycles. The highest BCUT2D eigenvalue weighted by atomic mass is 16.7. The van der Waals surface area contributed by atoms with Gasteiger partial charge < -0.3 is 18.9 Å². The number of hydrogen-bond acceptors (Lipinski definition) is 5. The summed E-state index contributed by atoms with van der Waals surface area (Å²) >= 11 is 0. The summed E-state index contributed by atoms with van der Waals surface area (Å²) in [5.74, 6) is 0.726. The van der Waals surface area contributed by atoms with Crippen LogP contribution >= 0.6 is 0 Å². The van der Waals surface area contributed by atoms with E-state index in [0.717, 1.165) is 32.5 Å². The summed E-state index contributed by atoms with van der Waals surface area (Å²) < 4.78 is 25.1. The minimum atomic E-state index is -0.844. The molecule has 4 heterocycles. The molecule has 5 heteroatoms. The van der Waals surface area contributed by atoms with Crippen molar-refractivity contribution >= 4 is 5.97 Å². The first-order chi connectivity index (χ1) is 11.8. The highest BCUT2D eigenvalue weighted by molar-refractivity contribution is 5.87. The van der Waals surface area contributed by atoms with E-state index in [9.17, 15) is 4.79 Å². The van der Waals surface area contributed by atoms with Crippen LogP contribution in [0, 0.1) is 34.0 Å². The van der Waals surface area contributed by atoms with Gasteiger partial charge in [-0.3, -0.25) is 0 Å². The maximum Gasteiger partial charge on any atom is 0.340 e. The second kappa shape index (κ2) is 4.10. The molecule has 0 N–H and O–H groups in total. The Kier molecular flexibility index (Phi) is 2.53. The number of hydrogen-bond donors (Lipinski definition) is 0. The van der Waals surface area contributed by atoms with Crippen LogP contribution in [0.3, 0.4) is 0 Å². The number of esters is 1. The lowest BCUT2D eigenvalue weighted by molar-refractivity contribution is -0.204. The Morgan fingerprint density at radius 3 is 2.76 bits per heavy atom. The fourth-order valence-corrected chi connectivity index (χ4v) is 8.33. The largest absolute Gasteiger partial charge is 0.459 e. The maximum absolute atomic E-state index is 13.3. The van der Waals surface area contributed by atoms with Crippen LogP contribution in [0.15, 0.2) is 0 Å². The molecule has 138 valence electrons. The molecule has 2 spiro atoms. The van der Waals surface area contributed by atoms with Crippen LogP contribution < -0.4 is 0 Å². The smallest absolute Gasteiger partial charge is 0.340 e. The summed E-state index contributed by atoms with van der Waals surface area (Å²) in [6.07, 6.45) is 2.63. The molecular weight excluding hydrogens is 320 g/mol. The van der Waals surface area contributed by atoms with Crippen molar-refractivity contribution in [3.05, 3.63) is 0 Å². The van der Waals surface area contributed by atoms with Crippen LogP contribution in [0.1, 0.15) is 47.0 Å². The summed E-state index contributed by atoms with van der Waals surface area (Å²) in [5, 5.41) is 0. The molecule has 5 nitrogen and oxygen atoms in total. The van der Waals surface area contributed by atoms with Gasteiger partial charge in [-0.05, 0) is 36.5 Å². The van der Waals surface area contributed by atoms with Crippen molar-refractivity contribution in [2.75, 3.05) is 13.2 Å². The van der Waals surface area contributed by atoms with Crippen molar-refractivity contribution in [3.63, 3.8) is 0 Å². The highest BCUT2D eigenvalue weighted by Crippen LogP contribution is 2.83. The van der Waals surface area contributed by atoms with Gasteiger partial charge in [0.25, 0.3) is 0 Å². The van der Waals surface area contributed by atoms with Gasteiger partial charge in [0, 0.05) is 17.9 Å². The minimum absolute atomic E-state index is 0.0441. The SMILES string of the molecule is C[C@@H]1COC2CC34C5C[C@@H](C(C)(C)C)C36CCO[C@H]6OC4(C(=O)O5)C21. The van der Waals surface area contributed by atoms with Gasteiger partial charge in [0.05, 0.1) is 18.1 Å². The topological polar surface area (TPSA) is 54.0 Å². The van der Waals surface area contributed by atoms with E-state index >= 15 is 0 Å². The molecule has 6 fully saturated rings. The molecule has 0 bridgehead atoms. The average molecular weight is 348 g/mol. The van der Waals surface area contributed by atoms with Gasteiger partial charge in [0.2, 0.25) is 0 Å². The zero-order valence-electron chi connectivity index (χ0n) is 15.5. The number of fused-ring (bicyclic) bond motifs is 1. The maximum atomic E-state index is 13.3. The highest BCUT2D eigenvalue weighted by Gasteiger charge is 2.94. The van der Waals surface area contributed by atoms with Gasteiger partial charge >= 0.3 is 5.97 Å². The van der Waals surface area contributed by atoms with Gasteiger partial charge in [-0.25, -0.2) is 4.79 Å². The second-order valence-corrected chi connectivity index (χ2v) is 10.4. The van der Waals surface area contributed by atoms with Crippen LogP contribution in [0.2, 0.25) is 0 Å². The van der Waals surface area contributed by atoms with E-state index in [1.165, 1.54) is 0 Å². The molecular formula is C20H28O5. The van der Waals surface area contributed by atoms with Crippen molar-refractivity contribution in [1.82, 2.24) is 0 Å². The lowest BCUT2D eigenvalue weighted by Gasteiger charge is -2.46. The van der Waals surface area contributed by atoms with Crippen molar-refractivity contribution in [2.45, 2.75) is 71.1 Å². The Balaban J connectivity index is 1.62. The molecule has 0 amide bonds. The molecule has 6 rings (SSSR count). The van der Waals surface area contributed by atoms with Gasteiger partial charge in [-0.2, -0.15) is 0 Å². The first-order valence-electron chi connectivity index (χ1n) is 9.91. The number of carbonyl (C=O) groups is 1. The molecule has 2 saturated carbocycles. The first-order valence-corrected chi connectivity index (χ1v) is 9.91. The molecule has 25 heavy (non-hydrogen) atoms. The molecule has 6 aliphatic rings. The lowest BCUT2D eigenvalue weighted by Crippen LogP contribution is -2.55. The van der Waals surface area contributed by atoms with E-state index in [1.54, 1.807) is 0 Å². The number of carbonyl (C=O) groups excluding carboxylic acids is 1. The fourth-order valence-electron chi connectivity index (χ4n) is 8.33. The molecule has 2 aliphatic carbocycles. The summed E-state index contributed by atoms with van der Waals surface area (Å²) in [6.45, 7) is 10.6. The van der Waals surface area contributed by atoms with E-state index in [2.05, 4.69) is 27.7 Å². The van der Waals surface area contributed by atoms with Crippen LogP contribution in [-0.4, -0.2) is 43.3 Å². The van der Waals surface area contributed by atoms with E-state index in [1.807, 2.05) is 0 Å². The Morgan fingerprint density at radius 2 is 2.00 bits per heavy atom. The van der Waals surface area contributed by atoms with E-state index in [4.69, 9.17) is 18.9 Å². The van der Waals surface area contributed by atoms with E-state index in [-0.39, 0.29) is 46.6 Å². The zero-order valence-corrected chi connectivity index (χ0v) is 15.5. The summed E-state index contributed by atoms with van der Waals surface area (Å²) in [6, 6.07) is 0. The third kappa shape index (κ3) is 1.28. The standard InChI is InChI=1S/C20H28O5/c1-10-9-23-11-8-19-13-7-12(17(2,3)4)18(19)5-6-22-16(18)25-20(19,14(10)11)15(21)24-13/h10-14,16H,5-9H2,1-4H3/t10-,11?,12+,13?,14?,16+,18?,19?,20?/m1/s1. The van der Waals surface area contributed by atoms with Gasteiger partial charge in [-0.1, -0.05) is 27.7 Å². The Hall–Kier alpha value is -0.650. The van der Waals surface area contributed by atoms with Crippen LogP contribution in [-0.2, 0) is 23.7 Å². The quantitative estimate of drug-likeness (QED) is 0.630. The monoisotopic (exact) mass is 348 g/mol. The molecule has 6 unspecified atom stereocenters. The molecule has 9 atom stereocenters. The predicted octanol–water partition coefficient (Wildman–Crippen LogP) is 2.52. The third-order valence-corrected chi connectivity index (χ3v) is 8.79. The van der Waals surface area contributed by atoms with Gasteiger partial charge in [-0.15, -0.1) is 0 Å². The van der Waals surface area contributed by atoms with Gasteiger partial charge in [0.15, 0.2) is 11.9 Å². The van der Waals surface area contributed by atoms with Crippen molar-refractivity contribution in [3.8, 4) is 0 Å². The number of rotatable bonds is 0. The average Bonchev–Trinajstić information content (AvgIpc) is 3.25. The zero-order chi connectivity index (χ0) is 17.4. The Bertz CT molecular complexity index is 669. The van der Waals surface area contributed by atoms with Crippen molar-refractivity contribution in [1.29, 1.82) is 0 Å². The van der Waals surface area contributed by atoms with Crippen molar-refractivity contribution < 1.29 is 23.7 Å². The van der Waals surface area contributed by atoms with Crippen LogP contribution in [0.5, 0.6) is 0 Å². The summed E-state index contributed by atoms with van der Waals surface area (Å²) in [7, 11) is 0. The van der Waals surface area contributed by atoms with Gasteiger partial charge in [0.1, 0.15) is 6.10 Å². The summed E-state index contributed by atoms with van der Waals surface area (Å²) in [5.41, 5.74) is -1.10. The predicted molar refractivity (Wildman–Crippen MR) is 87.5 cm³/mol. The molecule has 0 radical (unpaired) electrons. The van der Waals surface area contributed by atoms with E-state index in [0.29, 0.717) is 11.8 Å². The molecule has 4 saturated heterocycles. The summed E-state index contributed by atoms with van der Waals surface area (Å²) in [4.78, 5) is 13.3. The van der Waals surface area contributed by atoms with E-state index < -0.39 is 5.60 Å². The lowest BCUT2D eigenvalue weighted by atomic mass is 9.53.